The van der Waals surface area contributed by atoms with Crippen molar-refractivity contribution in [2.45, 2.75) is 6.92 Å². The van der Waals surface area contributed by atoms with Crippen molar-refractivity contribution in [3.63, 3.8) is 0 Å². The van der Waals surface area contributed by atoms with Crippen LogP contribution >= 0.6 is 0 Å². The molecule has 0 N–H and O–H groups in total. The summed E-state index contributed by atoms with van der Waals surface area (Å²) in [5.74, 6) is -0.582. The Bertz CT molecular complexity index is 440. The fraction of sp³-hybridized carbons (Fsp3) is 0.182. The molecule has 0 unspecified atom stereocenters. The van der Waals surface area contributed by atoms with Gasteiger partial charge in [0, 0.05) is 12.1 Å². The van der Waals surface area contributed by atoms with Crippen LogP contribution in [0, 0.1) is 10.1 Å². The van der Waals surface area contributed by atoms with E-state index in [0.717, 1.165) is 0 Å². The number of carbonyl (C=O) groups excluding carboxylic acids is 1. The molecule has 5 heteroatoms. The molecular weight excluding hydrogens is 210 g/mol. The van der Waals surface area contributed by atoms with Gasteiger partial charge in [0.1, 0.15) is 0 Å². The molecule has 0 radical (unpaired) electrons. The largest absolute Gasteiger partial charge is 0.462 e. The molecule has 1 rings (SSSR count). The van der Waals surface area contributed by atoms with Crippen molar-refractivity contribution in [2.24, 2.45) is 0 Å². The molecule has 1 aromatic rings. The van der Waals surface area contributed by atoms with E-state index in [4.69, 9.17) is 4.74 Å². The molecular formula is C11H11NO4. The van der Waals surface area contributed by atoms with Crippen molar-refractivity contribution in [3.8, 4) is 0 Å². The first kappa shape index (κ1) is 11.9. The third kappa shape index (κ3) is 2.44. The summed E-state index contributed by atoms with van der Waals surface area (Å²) in [6.07, 6.45) is 1.45. The van der Waals surface area contributed by atoms with Gasteiger partial charge >= 0.3 is 5.97 Å². The molecule has 84 valence electrons. The van der Waals surface area contributed by atoms with Gasteiger partial charge in [0.15, 0.2) is 0 Å². The van der Waals surface area contributed by atoms with Crippen LogP contribution in [0.2, 0.25) is 0 Å². The van der Waals surface area contributed by atoms with Crippen LogP contribution in [0.3, 0.4) is 0 Å². The second kappa shape index (κ2) is 5.06. The highest BCUT2D eigenvalue weighted by Gasteiger charge is 2.15. The Balaban J connectivity index is 3.21. The molecule has 0 aliphatic carbocycles. The van der Waals surface area contributed by atoms with Crippen molar-refractivity contribution < 1.29 is 14.5 Å². The average Bonchev–Trinajstić information content (AvgIpc) is 2.28. The van der Waals surface area contributed by atoms with Gasteiger partial charge in [-0.25, -0.2) is 4.79 Å². The number of nitro benzene ring substituents is 1. The maximum absolute atomic E-state index is 11.5. The average molecular weight is 221 g/mol. The minimum absolute atomic E-state index is 0.145. The number of ether oxygens (including phenoxy) is 1. The number of hydrogen-bond donors (Lipinski definition) is 0. The number of esters is 1. The maximum Gasteiger partial charge on any atom is 0.338 e. The highest BCUT2D eigenvalue weighted by atomic mass is 16.6. The highest BCUT2D eigenvalue weighted by Crippen LogP contribution is 2.19. The van der Waals surface area contributed by atoms with Crippen molar-refractivity contribution in [3.05, 3.63) is 46.0 Å². The lowest BCUT2D eigenvalue weighted by Crippen LogP contribution is -2.07. The Labute approximate surface area is 92.5 Å². The van der Waals surface area contributed by atoms with Gasteiger partial charge in [0.05, 0.1) is 17.1 Å². The zero-order valence-electron chi connectivity index (χ0n) is 8.80. The molecule has 0 spiro atoms. The van der Waals surface area contributed by atoms with E-state index in [1.807, 2.05) is 0 Å². The van der Waals surface area contributed by atoms with E-state index in [2.05, 4.69) is 6.58 Å². The molecule has 1 aromatic carbocycles. The molecule has 5 nitrogen and oxygen atoms in total. The summed E-state index contributed by atoms with van der Waals surface area (Å²) < 4.78 is 4.80. The molecule has 0 saturated heterocycles. The van der Waals surface area contributed by atoms with E-state index < -0.39 is 10.9 Å². The van der Waals surface area contributed by atoms with Crippen LogP contribution in [0.25, 0.3) is 6.08 Å². The van der Waals surface area contributed by atoms with E-state index in [9.17, 15) is 14.9 Å². The smallest absolute Gasteiger partial charge is 0.338 e. The Morgan fingerprint density at radius 3 is 2.81 bits per heavy atom. The number of non-ortho nitro benzene ring substituents is 1. The minimum Gasteiger partial charge on any atom is -0.462 e. The Morgan fingerprint density at radius 1 is 1.62 bits per heavy atom. The van der Waals surface area contributed by atoms with Gasteiger partial charge < -0.3 is 4.74 Å². The van der Waals surface area contributed by atoms with E-state index >= 15 is 0 Å². The number of benzene rings is 1. The molecule has 16 heavy (non-hydrogen) atoms. The molecule has 0 heterocycles. The quantitative estimate of drug-likeness (QED) is 0.444. The second-order valence-corrected chi connectivity index (χ2v) is 2.95. The van der Waals surface area contributed by atoms with E-state index in [1.54, 1.807) is 6.92 Å². The van der Waals surface area contributed by atoms with Crippen LogP contribution < -0.4 is 0 Å². The van der Waals surface area contributed by atoms with Crippen LogP contribution in [0.4, 0.5) is 5.69 Å². The number of nitro groups is 1. The molecule has 0 fully saturated rings. The number of carbonyl (C=O) groups is 1. The molecule has 0 aliphatic rings. The third-order valence-corrected chi connectivity index (χ3v) is 1.96. The number of nitrogens with zero attached hydrogens (tertiary/aromatic N) is 1. The van der Waals surface area contributed by atoms with Gasteiger partial charge in [0.25, 0.3) is 5.69 Å². The fourth-order valence-corrected chi connectivity index (χ4v) is 1.22. The molecule has 0 aliphatic heterocycles. The lowest BCUT2D eigenvalue weighted by atomic mass is 10.1. The first-order valence-electron chi connectivity index (χ1n) is 4.68. The van der Waals surface area contributed by atoms with E-state index in [-0.39, 0.29) is 17.9 Å². The normalized spacial score (nSPS) is 9.56. The highest BCUT2D eigenvalue weighted by molar-refractivity contribution is 5.94. The van der Waals surface area contributed by atoms with Gasteiger partial charge in [-0.15, -0.1) is 0 Å². The molecule has 0 saturated carbocycles. The predicted octanol–water partition coefficient (Wildman–Crippen LogP) is 2.41. The van der Waals surface area contributed by atoms with Crippen molar-refractivity contribution in [2.75, 3.05) is 6.61 Å². The lowest BCUT2D eigenvalue weighted by Gasteiger charge is -2.05. The second-order valence-electron chi connectivity index (χ2n) is 2.95. The molecule has 0 atom stereocenters. The molecule has 0 aromatic heterocycles. The SMILES string of the molecule is C=Cc1ccc([N+](=O)[O-])cc1C(=O)OCC. The van der Waals surface area contributed by atoms with E-state index in [0.29, 0.717) is 5.56 Å². The van der Waals surface area contributed by atoms with Crippen LogP contribution in [-0.4, -0.2) is 17.5 Å². The first-order valence-corrected chi connectivity index (χ1v) is 4.68. The number of rotatable bonds is 4. The van der Waals surface area contributed by atoms with Crippen LogP contribution in [0.15, 0.2) is 24.8 Å². The first-order chi connectivity index (χ1) is 7.60. The van der Waals surface area contributed by atoms with Gasteiger partial charge in [-0.3, -0.25) is 10.1 Å². The lowest BCUT2D eigenvalue weighted by molar-refractivity contribution is -0.384. The zero-order chi connectivity index (χ0) is 12.1. The monoisotopic (exact) mass is 221 g/mol. The van der Waals surface area contributed by atoms with Gasteiger partial charge in [-0.05, 0) is 18.6 Å². The Hall–Kier alpha value is -2.17. The minimum atomic E-state index is -0.582. The fourth-order valence-electron chi connectivity index (χ4n) is 1.22. The summed E-state index contributed by atoms with van der Waals surface area (Å²) in [6.45, 7) is 5.42. The summed E-state index contributed by atoms with van der Waals surface area (Å²) in [6, 6.07) is 3.98. The van der Waals surface area contributed by atoms with Crippen molar-refractivity contribution in [1.29, 1.82) is 0 Å². The topological polar surface area (TPSA) is 69.4 Å². The van der Waals surface area contributed by atoms with Crippen LogP contribution in [0.5, 0.6) is 0 Å². The summed E-state index contributed by atoms with van der Waals surface area (Å²) >= 11 is 0. The van der Waals surface area contributed by atoms with Crippen LogP contribution in [0.1, 0.15) is 22.8 Å². The maximum atomic E-state index is 11.5. The van der Waals surface area contributed by atoms with Crippen molar-refractivity contribution in [1.82, 2.24) is 0 Å². The molecule has 0 bridgehead atoms. The summed E-state index contributed by atoms with van der Waals surface area (Å²) in [4.78, 5) is 21.5. The van der Waals surface area contributed by atoms with E-state index in [1.165, 1.54) is 24.3 Å². The zero-order valence-corrected chi connectivity index (χ0v) is 8.80. The summed E-state index contributed by atoms with van der Waals surface area (Å²) in [7, 11) is 0. The Morgan fingerprint density at radius 2 is 2.31 bits per heavy atom. The van der Waals surface area contributed by atoms with Crippen LogP contribution in [-0.2, 0) is 4.74 Å². The standard InChI is InChI=1S/C11H11NO4/c1-3-8-5-6-9(12(14)15)7-10(8)11(13)16-4-2/h3,5-7H,1,4H2,2H3. The summed E-state index contributed by atoms with van der Waals surface area (Å²) in [5.41, 5.74) is 0.531. The molecule has 0 amide bonds. The third-order valence-electron chi connectivity index (χ3n) is 1.96. The van der Waals surface area contributed by atoms with Gasteiger partial charge in [-0.1, -0.05) is 12.7 Å². The number of hydrogen-bond acceptors (Lipinski definition) is 4. The summed E-state index contributed by atoms with van der Waals surface area (Å²) in [5, 5.41) is 10.6. The van der Waals surface area contributed by atoms with Gasteiger partial charge in [-0.2, -0.15) is 0 Å². The van der Waals surface area contributed by atoms with Gasteiger partial charge in [0.2, 0.25) is 0 Å². The predicted molar refractivity (Wildman–Crippen MR) is 59.1 cm³/mol. The van der Waals surface area contributed by atoms with Crippen molar-refractivity contribution >= 4 is 17.7 Å². The Kier molecular flexibility index (Phi) is 3.77.